The van der Waals surface area contributed by atoms with Gasteiger partial charge in [0.05, 0.1) is 10.5 Å². The van der Waals surface area contributed by atoms with Gasteiger partial charge in [0.25, 0.3) is 0 Å². The van der Waals surface area contributed by atoms with Crippen molar-refractivity contribution < 1.29 is 22.7 Å². The number of halogens is 1. The number of carboxylic acid groups (broad SMARTS) is 1. The van der Waals surface area contributed by atoms with Crippen molar-refractivity contribution in [1.29, 1.82) is 0 Å². The second-order valence-corrected chi connectivity index (χ2v) is 7.10. The molecule has 8 heteroatoms. The Hall–Kier alpha value is -1.51. The van der Waals surface area contributed by atoms with Crippen molar-refractivity contribution in [3.05, 3.63) is 29.1 Å². The van der Waals surface area contributed by atoms with E-state index in [1.54, 1.807) is 0 Å². The van der Waals surface area contributed by atoms with Gasteiger partial charge in [-0.25, -0.2) is 17.6 Å². The number of hydrogen-bond donors (Lipinski definition) is 2. The summed E-state index contributed by atoms with van der Waals surface area (Å²) in [6, 6.07) is 2.03. The molecule has 3 N–H and O–H groups in total. The Morgan fingerprint density at radius 2 is 2.19 bits per heavy atom. The van der Waals surface area contributed by atoms with E-state index in [4.69, 9.17) is 10.8 Å². The Bertz CT molecular complexity index is 675. The zero-order valence-corrected chi connectivity index (χ0v) is 12.4. The summed E-state index contributed by atoms with van der Waals surface area (Å²) in [5.74, 6) is -2.31. The summed E-state index contributed by atoms with van der Waals surface area (Å²) >= 11 is 0. The molecule has 0 bridgehead atoms. The van der Waals surface area contributed by atoms with Crippen molar-refractivity contribution in [2.45, 2.75) is 18.2 Å². The monoisotopic (exact) mass is 316 g/mol. The third kappa shape index (κ3) is 2.92. The van der Waals surface area contributed by atoms with E-state index in [1.165, 1.54) is 11.2 Å². The molecule has 1 atom stereocenters. The van der Waals surface area contributed by atoms with Crippen LogP contribution in [-0.2, 0) is 10.0 Å². The quantitative estimate of drug-likeness (QED) is 0.856. The molecule has 6 nitrogen and oxygen atoms in total. The van der Waals surface area contributed by atoms with Crippen LogP contribution in [-0.4, -0.2) is 43.4 Å². The summed E-state index contributed by atoms with van der Waals surface area (Å²) < 4.78 is 40.0. The number of sulfonamides is 1. The van der Waals surface area contributed by atoms with Crippen LogP contribution >= 0.6 is 0 Å². The summed E-state index contributed by atoms with van der Waals surface area (Å²) in [6.07, 6.45) is 0.668. The summed E-state index contributed by atoms with van der Waals surface area (Å²) in [5, 5.41) is 8.96. The molecule has 1 aliphatic rings. The van der Waals surface area contributed by atoms with Gasteiger partial charge in [-0.15, -0.1) is 0 Å². The molecule has 2 rings (SSSR count). The lowest BCUT2D eigenvalue weighted by Gasteiger charge is -2.17. The fourth-order valence-electron chi connectivity index (χ4n) is 2.40. The first kappa shape index (κ1) is 15.9. The minimum atomic E-state index is -3.83. The first-order valence-corrected chi connectivity index (χ1v) is 7.95. The van der Waals surface area contributed by atoms with Crippen molar-refractivity contribution in [3.8, 4) is 0 Å². The van der Waals surface area contributed by atoms with Crippen LogP contribution in [0.4, 0.5) is 4.39 Å². The van der Waals surface area contributed by atoms with E-state index < -0.39 is 27.4 Å². The third-order valence-corrected chi connectivity index (χ3v) is 5.52. The number of nitrogens with two attached hydrogens (primary N) is 1. The molecule has 21 heavy (non-hydrogen) atoms. The standard InChI is InChI=1S/C13H17FN2O4S/c1-8-4-10(5-11(12(8)14)13(17)18)21(19,20)16-3-2-9(6-15)7-16/h4-5,9H,2-3,6-7,15H2,1H3,(H,17,18). The highest BCUT2D eigenvalue weighted by atomic mass is 32.2. The SMILES string of the molecule is Cc1cc(S(=O)(=O)N2CCC(CN)C2)cc(C(=O)O)c1F. The van der Waals surface area contributed by atoms with Gasteiger partial charge in [0.1, 0.15) is 5.82 Å². The lowest BCUT2D eigenvalue weighted by atomic mass is 10.1. The minimum absolute atomic E-state index is 0.0111. The second kappa shape index (κ2) is 5.70. The molecule has 0 radical (unpaired) electrons. The Kier molecular flexibility index (Phi) is 4.31. The van der Waals surface area contributed by atoms with Gasteiger partial charge < -0.3 is 10.8 Å². The van der Waals surface area contributed by atoms with Gasteiger partial charge >= 0.3 is 5.97 Å². The minimum Gasteiger partial charge on any atom is -0.478 e. The number of carboxylic acids is 1. The molecule has 1 unspecified atom stereocenters. The summed E-state index contributed by atoms with van der Waals surface area (Å²) in [4.78, 5) is 10.8. The largest absolute Gasteiger partial charge is 0.478 e. The summed E-state index contributed by atoms with van der Waals surface area (Å²) in [5.41, 5.74) is 4.89. The average molecular weight is 316 g/mol. The van der Waals surface area contributed by atoms with E-state index >= 15 is 0 Å². The predicted molar refractivity (Wildman–Crippen MR) is 74.0 cm³/mol. The zero-order valence-electron chi connectivity index (χ0n) is 11.5. The summed E-state index contributed by atoms with van der Waals surface area (Å²) in [6.45, 7) is 2.38. The Labute approximate surface area is 122 Å². The number of rotatable bonds is 4. The fraction of sp³-hybridized carbons (Fsp3) is 0.462. The predicted octanol–water partition coefficient (Wildman–Crippen LogP) is 0.802. The number of hydrogen-bond acceptors (Lipinski definition) is 4. The van der Waals surface area contributed by atoms with Crippen molar-refractivity contribution in [1.82, 2.24) is 4.31 Å². The molecule has 0 spiro atoms. The van der Waals surface area contributed by atoms with Crippen LogP contribution in [0.15, 0.2) is 17.0 Å². The van der Waals surface area contributed by atoms with E-state index in [2.05, 4.69) is 0 Å². The Morgan fingerprint density at radius 1 is 1.52 bits per heavy atom. The Morgan fingerprint density at radius 3 is 2.71 bits per heavy atom. The van der Waals surface area contributed by atoms with Crippen LogP contribution in [0.1, 0.15) is 22.3 Å². The molecule has 1 aliphatic heterocycles. The van der Waals surface area contributed by atoms with Gasteiger partial charge in [-0.1, -0.05) is 0 Å². The van der Waals surface area contributed by atoms with Crippen molar-refractivity contribution in [2.24, 2.45) is 11.7 Å². The van der Waals surface area contributed by atoms with E-state index in [0.717, 1.165) is 12.1 Å². The maximum atomic E-state index is 13.7. The third-order valence-electron chi connectivity index (χ3n) is 3.68. The van der Waals surface area contributed by atoms with Gasteiger partial charge in [-0.3, -0.25) is 0 Å². The van der Waals surface area contributed by atoms with Crippen LogP contribution in [0.3, 0.4) is 0 Å². The van der Waals surface area contributed by atoms with Crippen molar-refractivity contribution in [3.63, 3.8) is 0 Å². The average Bonchev–Trinajstić information content (AvgIpc) is 2.90. The number of aryl methyl sites for hydroxylation is 1. The molecular formula is C13H17FN2O4S. The molecule has 116 valence electrons. The molecule has 0 aromatic heterocycles. The molecule has 1 saturated heterocycles. The van der Waals surface area contributed by atoms with E-state index in [9.17, 15) is 17.6 Å². The number of nitrogens with zero attached hydrogens (tertiary/aromatic N) is 1. The molecule has 1 aromatic carbocycles. The smallest absolute Gasteiger partial charge is 0.338 e. The normalized spacial score (nSPS) is 19.9. The van der Waals surface area contributed by atoms with Crippen LogP contribution in [0.25, 0.3) is 0 Å². The van der Waals surface area contributed by atoms with Crippen LogP contribution < -0.4 is 5.73 Å². The van der Waals surface area contributed by atoms with Crippen LogP contribution in [0.5, 0.6) is 0 Å². The van der Waals surface area contributed by atoms with Gasteiger partial charge in [0, 0.05) is 13.1 Å². The zero-order chi connectivity index (χ0) is 15.8. The van der Waals surface area contributed by atoms with Crippen molar-refractivity contribution in [2.75, 3.05) is 19.6 Å². The molecule has 1 heterocycles. The molecular weight excluding hydrogens is 299 g/mol. The highest BCUT2D eigenvalue weighted by Crippen LogP contribution is 2.26. The molecule has 1 fully saturated rings. The molecule has 1 aromatic rings. The van der Waals surface area contributed by atoms with Gasteiger partial charge in [-0.2, -0.15) is 4.31 Å². The molecule has 0 saturated carbocycles. The number of benzene rings is 1. The van der Waals surface area contributed by atoms with Crippen LogP contribution in [0, 0.1) is 18.7 Å². The molecule has 0 aliphatic carbocycles. The molecule has 0 amide bonds. The highest BCUT2D eigenvalue weighted by Gasteiger charge is 2.33. The second-order valence-electron chi connectivity index (χ2n) is 5.16. The fourth-order valence-corrected chi connectivity index (χ4v) is 4.04. The lowest BCUT2D eigenvalue weighted by molar-refractivity contribution is 0.0691. The lowest BCUT2D eigenvalue weighted by Crippen LogP contribution is -2.30. The maximum absolute atomic E-state index is 13.7. The van der Waals surface area contributed by atoms with E-state index in [0.29, 0.717) is 26.1 Å². The Balaban J connectivity index is 2.44. The first-order chi connectivity index (χ1) is 9.77. The van der Waals surface area contributed by atoms with Gasteiger partial charge in [0.2, 0.25) is 10.0 Å². The number of carbonyl (C=O) groups is 1. The number of aromatic carboxylic acids is 1. The van der Waals surface area contributed by atoms with Gasteiger partial charge in [0.15, 0.2) is 0 Å². The van der Waals surface area contributed by atoms with Crippen molar-refractivity contribution >= 4 is 16.0 Å². The highest BCUT2D eigenvalue weighted by molar-refractivity contribution is 7.89. The van der Waals surface area contributed by atoms with E-state index in [1.807, 2.05) is 0 Å². The maximum Gasteiger partial charge on any atom is 0.338 e. The van der Waals surface area contributed by atoms with E-state index in [-0.39, 0.29) is 16.4 Å². The van der Waals surface area contributed by atoms with Crippen LogP contribution in [0.2, 0.25) is 0 Å². The van der Waals surface area contributed by atoms with Gasteiger partial charge in [-0.05, 0) is 43.5 Å². The first-order valence-electron chi connectivity index (χ1n) is 6.51. The summed E-state index contributed by atoms with van der Waals surface area (Å²) in [7, 11) is -3.83. The topological polar surface area (TPSA) is 101 Å².